The Bertz CT molecular complexity index is 1130. The summed E-state index contributed by atoms with van der Waals surface area (Å²) in [6.45, 7) is 1.61. The van der Waals surface area contributed by atoms with Crippen LogP contribution in [0.15, 0.2) is 65.1 Å². The second-order valence-electron chi connectivity index (χ2n) is 6.08. The summed E-state index contributed by atoms with van der Waals surface area (Å²) >= 11 is 0. The predicted octanol–water partition coefficient (Wildman–Crippen LogP) is 4.51. The molecule has 1 amide bonds. The number of amides is 1. The van der Waals surface area contributed by atoms with Gasteiger partial charge in [0, 0.05) is 17.8 Å². The monoisotopic (exact) mass is 392 g/mol. The van der Waals surface area contributed by atoms with Crippen LogP contribution in [0.4, 0.5) is 11.4 Å². The molecule has 0 aliphatic heterocycles. The maximum absolute atomic E-state index is 12.2. The first-order valence-electron chi connectivity index (χ1n) is 8.52. The van der Waals surface area contributed by atoms with Crippen LogP contribution < -0.4 is 5.32 Å². The van der Waals surface area contributed by atoms with Gasteiger partial charge in [0.2, 0.25) is 5.91 Å². The number of hydrogen-bond donors (Lipinski definition) is 2. The Hall–Kier alpha value is -4.20. The van der Waals surface area contributed by atoms with Crippen molar-refractivity contribution in [3.63, 3.8) is 0 Å². The van der Waals surface area contributed by atoms with Crippen molar-refractivity contribution in [2.45, 2.75) is 6.92 Å². The molecule has 2 aromatic carbocycles. The molecule has 0 aliphatic carbocycles. The van der Waals surface area contributed by atoms with Crippen LogP contribution >= 0.6 is 0 Å². The standard InChI is InChI=1S/C21H16N2O6/c1-13-15(21(25)26)6-4-7-17(13)22-20(24)12-10-14-9-11-19(29-14)16-5-2-3-8-18(16)23(27)28/h2-12H,1H3,(H,22,24)(H,25,26)/b12-10+. The van der Waals surface area contributed by atoms with Crippen LogP contribution in [0.5, 0.6) is 0 Å². The van der Waals surface area contributed by atoms with Crippen LogP contribution in [-0.2, 0) is 4.79 Å². The van der Waals surface area contributed by atoms with Crippen LogP contribution in [0.1, 0.15) is 21.7 Å². The number of carbonyl (C=O) groups is 2. The lowest BCUT2D eigenvalue weighted by molar-refractivity contribution is -0.384. The Morgan fingerprint density at radius 2 is 1.86 bits per heavy atom. The summed E-state index contributed by atoms with van der Waals surface area (Å²) in [4.78, 5) is 34.0. The third-order valence-electron chi connectivity index (χ3n) is 4.21. The van der Waals surface area contributed by atoms with E-state index in [1.54, 1.807) is 49.4 Å². The second kappa shape index (κ2) is 8.22. The quantitative estimate of drug-likeness (QED) is 0.361. The Kier molecular flexibility index (Phi) is 5.54. The number of nitro groups is 1. The van der Waals surface area contributed by atoms with Crippen molar-refractivity contribution in [2.75, 3.05) is 5.32 Å². The number of nitrogens with one attached hydrogen (secondary N) is 1. The summed E-state index contributed by atoms with van der Waals surface area (Å²) in [5.41, 5.74) is 1.19. The minimum Gasteiger partial charge on any atom is -0.478 e. The zero-order valence-electron chi connectivity index (χ0n) is 15.3. The van der Waals surface area contributed by atoms with E-state index in [4.69, 9.17) is 9.52 Å². The summed E-state index contributed by atoms with van der Waals surface area (Å²) in [7, 11) is 0. The molecule has 3 rings (SSSR count). The van der Waals surface area contributed by atoms with E-state index in [-0.39, 0.29) is 11.3 Å². The molecule has 8 heteroatoms. The second-order valence-corrected chi connectivity index (χ2v) is 6.08. The number of furan rings is 1. The van der Waals surface area contributed by atoms with Gasteiger partial charge in [-0.1, -0.05) is 18.2 Å². The third-order valence-corrected chi connectivity index (χ3v) is 4.21. The third kappa shape index (κ3) is 4.38. The van der Waals surface area contributed by atoms with E-state index in [0.717, 1.165) is 0 Å². The van der Waals surface area contributed by atoms with Gasteiger partial charge >= 0.3 is 5.97 Å². The van der Waals surface area contributed by atoms with E-state index >= 15 is 0 Å². The fraction of sp³-hybridized carbons (Fsp3) is 0.0476. The lowest BCUT2D eigenvalue weighted by Crippen LogP contribution is -2.11. The molecule has 146 valence electrons. The van der Waals surface area contributed by atoms with E-state index in [9.17, 15) is 19.7 Å². The molecule has 0 spiro atoms. The van der Waals surface area contributed by atoms with Crippen LogP contribution in [0.3, 0.4) is 0 Å². The Morgan fingerprint density at radius 3 is 2.59 bits per heavy atom. The number of carboxylic acids is 1. The zero-order valence-corrected chi connectivity index (χ0v) is 15.3. The number of para-hydroxylation sites is 1. The van der Waals surface area contributed by atoms with Crippen LogP contribution in [0, 0.1) is 17.0 Å². The van der Waals surface area contributed by atoms with Crippen molar-refractivity contribution in [1.82, 2.24) is 0 Å². The summed E-state index contributed by atoms with van der Waals surface area (Å²) in [5.74, 6) is -0.904. The average Bonchev–Trinajstić information content (AvgIpc) is 3.16. The summed E-state index contributed by atoms with van der Waals surface area (Å²) in [5, 5.41) is 22.9. The van der Waals surface area contributed by atoms with Gasteiger partial charge in [0.25, 0.3) is 5.69 Å². The molecule has 1 aromatic heterocycles. The number of benzene rings is 2. The summed E-state index contributed by atoms with van der Waals surface area (Å²) in [6.07, 6.45) is 2.65. The molecule has 8 nitrogen and oxygen atoms in total. The molecule has 0 atom stereocenters. The zero-order chi connectivity index (χ0) is 21.0. The highest BCUT2D eigenvalue weighted by Crippen LogP contribution is 2.31. The first-order chi connectivity index (χ1) is 13.9. The topological polar surface area (TPSA) is 123 Å². The average molecular weight is 392 g/mol. The number of rotatable bonds is 6. The Morgan fingerprint density at radius 1 is 1.10 bits per heavy atom. The number of nitrogens with zero attached hydrogens (tertiary/aromatic N) is 1. The number of hydrogen-bond acceptors (Lipinski definition) is 5. The predicted molar refractivity (Wildman–Crippen MR) is 107 cm³/mol. The van der Waals surface area contributed by atoms with Crippen LogP contribution in [0.2, 0.25) is 0 Å². The van der Waals surface area contributed by atoms with Crippen molar-refractivity contribution in [2.24, 2.45) is 0 Å². The van der Waals surface area contributed by atoms with Gasteiger partial charge in [-0.2, -0.15) is 0 Å². The molecule has 0 radical (unpaired) electrons. The molecular weight excluding hydrogens is 376 g/mol. The SMILES string of the molecule is Cc1c(NC(=O)/C=C/c2ccc(-c3ccccc3[N+](=O)[O-])o2)cccc1C(=O)O. The molecule has 0 fully saturated rings. The molecule has 0 saturated heterocycles. The number of carboxylic acid groups (broad SMARTS) is 1. The van der Waals surface area contributed by atoms with Crippen LogP contribution in [0.25, 0.3) is 17.4 Å². The maximum atomic E-state index is 12.2. The number of carbonyl (C=O) groups excluding carboxylic acids is 1. The molecule has 0 unspecified atom stereocenters. The highest BCUT2D eigenvalue weighted by Gasteiger charge is 2.17. The number of anilines is 1. The van der Waals surface area contributed by atoms with Gasteiger partial charge in [0.05, 0.1) is 16.1 Å². The minimum absolute atomic E-state index is 0.0797. The van der Waals surface area contributed by atoms with Gasteiger partial charge in [-0.3, -0.25) is 14.9 Å². The molecule has 0 bridgehead atoms. The van der Waals surface area contributed by atoms with E-state index in [1.165, 1.54) is 24.3 Å². The maximum Gasteiger partial charge on any atom is 0.336 e. The van der Waals surface area contributed by atoms with E-state index in [2.05, 4.69) is 5.32 Å². The fourth-order valence-electron chi connectivity index (χ4n) is 2.76. The molecule has 29 heavy (non-hydrogen) atoms. The molecular formula is C21H16N2O6. The number of aromatic carboxylic acids is 1. The highest BCUT2D eigenvalue weighted by atomic mass is 16.6. The minimum atomic E-state index is -1.08. The van der Waals surface area contributed by atoms with Gasteiger partial charge in [-0.15, -0.1) is 0 Å². The van der Waals surface area contributed by atoms with E-state index in [1.807, 2.05) is 0 Å². The van der Waals surface area contributed by atoms with Crippen molar-refractivity contribution in [3.05, 3.63) is 87.7 Å². The van der Waals surface area contributed by atoms with Gasteiger partial charge in [-0.05, 0) is 48.9 Å². The first-order valence-corrected chi connectivity index (χ1v) is 8.52. The highest BCUT2D eigenvalue weighted by molar-refractivity contribution is 6.03. The van der Waals surface area contributed by atoms with Crippen molar-refractivity contribution in [3.8, 4) is 11.3 Å². The van der Waals surface area contributed by atoms with Gasteiger partial charge in [0.1, 0.15) is 11.5 Å². The van der Waals surface area contributed by atoms with Gasteiger partial charge in [0.15, 0.2) is 0 Å². The Balaban J connectivity index is 1.75. The number of nitro benzene ring substituents is 1. The molecule has 0 saturated carbocycles. The molecule has 0 aliphatic rings. The van der Waals surface area contributed by atoms with Gasteiger partial charge < -0.3 is 14.8 Å². The van der Waals surface area contributed by atoms with E-state index in [0.29, 0.717) is 28.3 Å². The van der Waals surface area contributed by atoms with E-state index < -0.39 is 16.8 Å². The molecule has 1 heterocycles. The van der Waals surface area contributed by atoms with Crippen molar-refractivity contribution in [1.29, 1.82) is 0 Å². The normalized spacial score (nSPS) is 10.8. The molecule has 2 N–H and O–H groups in total. The first kappa shape index (κ1) is 19.6. The Labute approximate surface area is 165 Å². The summed E-state index contributed by atoms with van der Waals surface area (Å²) < 4.78 is 5.59. The largest absolute Gasteiger partial charge is 0.478 e. The molecule has 3 aromatic rings. The lowest BCUT2D eigenvalue weighted by atomic mass is 10.1. The van der Waals surface area contributed by atoms with Crippen molar-refractivity contribution >= 4 is 29.3 Å². The lowest BCUT2D eigenvalue weighted by Gasteiger charge is -2.08. The van der Waals surface area contributed by atoms with Gasteiger partial charge in [-0.25, -0.2) is 4.79 Å². The summed E-state index contributed by atoms with van der Waals surface area (Å²) in [6, 6.07) is 14.0. The van der Waals surface area contributed by atoms with Crippen LogP contribution in [-0.4, -0.2) is 21.9 Å². The fourth-order valence-corrected chi connectivity index (χ4v) is 2.76. The van der Waals surface area contributed by atoms with Crippen molar-refractivity contribution < 1.29 is 24.0 Å². The smallest absolute Gasteiger partial charge is 0.336 e.